The zero-order chi connectivity index (χ0) is 16.5. The summed E-state index contributed by atoms with van der Waals surface area (Å²) in [4.78, 5) is 11.6. The van der Waals surface area contributed by atoms with E-state index in [4.69, 9.17) is 4.74 Å². The predicted octanol–water partition coefficient (Wildman–Crippen LogP) is 2.82. The molecule has 0 aliphatic rings. The number of halogens is 1. The van der Waals surface area contributed by atoms with Crippen LogP contribution in [0.2, 0.25) is 0 Å². The number of carbonyl (C=O) groups excluding carboxylic acids is 1. The number of amides is 1. The maximum atomic E-state index is 12.7. The standard InChI is InChI=1S/C19H18FNO2/c1-15-4-6-16(7-5-15)3-2-12-21-19(22)14-23-13-17-8-10-18(20)11-9-17/h4-11H,12-14H2,1H3,(H,21,22). The Labute approximate surface area is 135 Å². The number of hydrogen-bond acceptors (Lipinski definition) is 2. The Hall–Kier alpha value is -2.64. The first-order valence-electron chi connectivity index (χ1n) is 7.28. The van der Waals surface area contributed by atoms with Gasteiger partial charge in [0, 0.05) is 5.56 Å². The zero-order valence-electron chi connectivity index (χ0n) is 12.9. The normalized spacial score (nSPS) is 9.83. The molecule has 0 bridgehead atoms. The molecule has 0 fully saturated rings. The number of nitrogens with one attached hydrogen (secondary N) is 1. The molecule has 0 aromatic heterocycles. The third kappa shape index (κ3) is 6.33. The zero-order valence-corrected chi connectivity index (χ0v) is 12.9. The second kappa shape index (κ2) is 8.72. The largest absolute Gasteiger partial charge is 0.367 e. The lowest BCUT2D eigenvalue weighted by molar-refractivity contribution is -0.125. The average Bonchev–Trinajstić information content (AvgIpc) is 2.55. The van der Waals surface area contributed by atoms with Crippen LogP contribution in [0.1, 0.15) is 16.7 Å². The maximum absolute atomic E-state index is 12.7. The molecule has 2 aromatic rings. The van der Waals surface area contributed by atoms with E-state index >= 15 is 0 Å². The van der Waals surface area contributed by atoms with E-state index in [1.54, 1.807) is 12.1 Å². The summed E-state index contributed by atoms with van der Waals surface area (Å²) in [6.45, 7) is 2.50. The Morgan fingerprint density at radius 2 is 1.83 bits per heavy atom. The van der Waals surface area contributed by atoms with Gasteiger partial charge >= 0.3 is 0 Å². The van der Waals surface area contributed by atoms with Crippen molar-refractivity contribution in [2.75, 3.05) is 13.2 Å². The minimum atomic E-state index is -0.293. The minimum absolute atomic E-state index is 0.0520. The van der Waals surface area contributed by atoms with E-state index in [0.717, 1.165) is 11.1 Å². The molecule has 0 saturated carbocycles. The molecule has 0 radical (unpaired) electrons. The molecular formula is C19H18FNO2. The molecule has 0 spiro atoms. The smallest absolute Gasteiger partial charge is 0.246 e. The van der Waals surface area contributed by atoms with Gasteiger partial charge < -0.3 is 10.1 Å². The van der Waals surface area contributed by atoms with Crippen LogP contribution in [0, 0.1) is 24.6 Å². The SMILES string of the molecule is Cc1ccc(C#CCNC(=O)COCc2ccc(F)cc2)cc1. The van der Waals surface area contributed by atoms with Crippen molar-refractivity contribution in [3.8, 4) is 11.8 Å². The summed E-state index contributed by atoms with van der Waals surface area (Å²) in [5, 5.41) is 2.66. The lowest BCUT2D eigenvalue weighted by atomic mass is 10.2. The number of hydrogen-bond donors (Lipinski definition) is 1. The first kappa shape index (κ1) is 16.7. The predicted molar refractivity (Wildman–Crippen MR) is 87.1 cm³/mol. The topological polar surface area (TPSA) is 38.3 Å². The summed E-state index contributed by atoms with van der Waals surface area (Å²) < 4.78 is 18.0. The van der Waals surface area contributed by atoms with Crippen molar-refractivity contribution < 1.29 is 13.9 Å². The fraction of sp³-hybridized carbons (Fsp3) is 0.211. The van der Waals surface area contributed by atoms with E-state index < -0.39 is 0 Å². The van der Waals surface area contributed by atoms with Crippen LogP contribution >= 0.6 is 0 Å². The van der Waals surface area contributed by atoms with Crippen LogP contribution in [0.4, 0.5) is 4.39 Å². The van der Waals surface area contributed by atoms with Crippen molar-refractivity contribution >= 4 is 5.91 Å². The lowest BCUT2D eigenvalue weighted by Gasteiger charge is -2.04. The molecule has 118 valence electrons. The summed E-state index contributed by atoms with van der Waals surface area (Å²) >= 11 is 0. The van der Waals surface area contributed by atoms with Gasteiger partial charge in [0.2, 0.25) is 5.91 Å². The van der Waals surface area contributed by atoms with Gasteiger partial charge in [-0.2, -0.15) is 0 Å². The van der Waals surface area contributed by atoms with Crippen molar-refractivity contribution in [2.45, 2.75) is 13.5 Å². The quantitative estimate of drug-likeness (QED) is 0.862. The van der Waals surface area contributed by atoms with Gasteiger partial charge in [-0.3, -0.25) is 4.79 Å². The molecule has 2 rings (SSSR count). The molecule has 4 heteroatoms. The van der Waals surface area contributed by atoms with Crippen LogP contribution in [0.25, 0.3) is 0 Å². The first-order chi connectivity index (χ1) is 11.1. The van der Waals surface area contributed by atoms with Crippen LogP contribution < -0.4 is 5.32 Å². The number of ether oxygens (including phenoxy) is 1. The van der Waals surface area contributed by atoms with Crippen LogP contribution in [-0.4, -0.2) is 19.1 Å². The lowest BCUT2D eigenvalue weighted by Crippen LogP contribution is -2.27. The molecule has 0 unspecified atom stereocenters. The van der Waals surface area contributed by atoms with E-state index in [1.807, 2.05) is 31.2 Å². The number of rotatable bonds is 5. The summed E-state index contributed by atoms with van der Waals surface area (Å²) in [7, 11) is 0. The van der Waals surface area contributed by atoms with Gasteiger partial charge in [-0.1, -0.05) is 41.7 Å². The third-order valence-corrected chi connectivity index (χ3v) is 3.07. The first-order valence-corrected chi connectivity index (χ1v) is 7.28. The van der Waals surface area contributed by atoms with Crippen molar-refractivity contribution in [2.24, 2.45) is 0 Å². The molecule has 0 atom stereocenters. The highest BCUT2D eigenvalue weighted by atomic mass is 19.1. The molecule has 0 aliphatic heterocycles. The van der Waals surface area contributed by atoms with Gasteiger partial charge in [0.15, 0.2) is 0 Å². The second-order valence-electron chi connectivity index (χ2n) is 5.06. The Morgan fingerprint density at radius 1 is 1.13 bits per heavy atom. The number of carbonyl (C=O) groups is 1. The Morgan fingerprint density at radius 3 is 2.52 bits per heavy atom. The van der Waals surface area contributed by atoms with E-state index in [2.05, 4.69) is 17.2 Å². The van der Waals surface area contributed by atoms with Crippen LogP contribution in [0.3, 0.4) is 0 Å². The van der Waals surface area contributed by atoms with Gasteiger partial charge in [-0.15, -0.1) is 0 Å². The Bertz CT molecular complexity index is 697. The third-order valence-electron chi connectivity index (χ3n) is 3.07. The highest BCUT2D eigenvalue weighted by Gasteiger charge is 2.00. The van der Waals surface area contributed by atoms with Gasteiger partial charge in [-0.05, 0) is 36.8 Å². The molecule has 2 aromatic carbocycles. The molecule has 0 saturated heterocycles. The fourth-order valence-corrected chi connectivity index (χ4v) is 1.82. The summed E-state index contributed by atoms with van der Waals surface area (Å²) in [6, 6.07) is 13.8. The monoisotopic (exact) mass is 311 g/mol. The molecular weight excluding hydrogens is 293 g/mol. The molecule has 1 N–H and O–H groups in total. The summed E-state index contributed by atoms with van der Waals surface area (Å²) in [6.07, 6.45) is 0. The number of benzene rings is 2. The molecule has 3 nitrogen and oxygen atoms in total. The van der Waals surface area contributed by atoms with Gasteiger partial charge in [0.25, 0.3) is 0 Å². The minimum Gasteiger partial charge on any atom is -0.367 e. The maximum Gasteiger partial charge on any atom is 0.246 e. The molecule has 23 heavy (non-hydrogen) atoms. The summed E-state index contributed by atoms with van der Waals surface area (Å²) in [5.41, 5.74) is 2.91. The van der Waals surface area contributed by atoms with E-state index in [-0.39, 0.29) is 31.5 Å². The molecule has 0 aliphatic carbocycles. The highest BCUT2D eigenvalue weighted by Crippen LogP contribution is 2.04. The van der Waals surface area contributed by atoms with Crippen LogP contribution in [0.5, 0.6) is 0 Å². The molecule has 1 amide bonds. The van der Waals surface area contributed by atoms with E-state index in [0.29, 0.717) is 0 Å². The van der Waals surface area contributed by atoms with Crippen LogP contribution in [-0.2, 0) is 16.1 Å². The van der Waals surface area contributed by atoms with Gasteiger partial charge in [0.05, 0.1) is 13.2 Å². The van der Waals surface area contributed by atoms with Gasteiger partial charge in [0.1, 0.15) is 12.4 Å². The van der Waals surface area contributed by atoms with Crippen molar-refractivity contribution in [3.05, 3.63) is 71.0 Å². The Balaban J connectivity index is 1.65. The highest BCUT2D eigenvalue weighted by molar-refractivity contribution is 5.77. The Kier molecular flexibility index (Phi) is 6.34. The van der Waals surface area contributed by atoms with E-state index in [9.17, 15) is 9.18 Å². The van der Waals surface area contributed by atoms with Crippen LogP contribution in [0.15, 0.2) is 48.5 Å². The molecule has 0 heterocycles. The van der Waals surface area contributed by atoms with Crippen molar-refractivity contribution in [1.82, 2.24) is 5.32 Å². The van der Waals surface area contributed by atoms with Gasteiger partial charge in [-0.25, -0.2) is 4.39 Å². The summed E-state index contributed by atoms with van der Waals surface area (Å²) in [5.74, 6) is 5.34. The fourth-order valence-electron chi connectivity index (χ4n) is 1.82. The van der Waals surface area contributed by atoms with Crippen molar-refractivity contribution in [1.29, 1.82) is 0 Å². The second-order valence-corrected chi connectivity index (χ2v) is 5.06. The van der Waals surface area contributed by atoms with E-state index in [1.165, 1.54) is 17.7 Å². The number of aryl methyl sites for hydroxylation is 1. The van der Waals surface area contributed by atoms with Crippen molar-refractivity contribution in [3.63, 3.8) is 0 Å². The average molecular weight is 311 g/mol.